The molecule has 0 aliphatic rings. The summed E-state index contributed by atoms with van der Waals surface area (Å²) in [6.07, 6.45) is 3.33. The molecule has 0 spiro atoms. The highest BCUT2D eigenvalue weighted by molar-refractivity contribution is 5.93. The summed E-state index contributed by atoms with van der Waals surface area (Å²) in [5, 5.41) is 9.56. The van der Waals surface area contributed by atoms with Gasteiger partial charge in [-0.2, -0.15) is 0 Å². The fraction of sp³-hybridized carbons (Fsp3) is 0.364. The highest BCUT2D eigenvalue weighted by atomic mass is 16.6. The number of hydrogen-bond donors (Lipinski definition) is 0. The fourth-order valence-corrected chi connectivity index (χ4v) is 3.59. The number of para-hydroxylation sites is 1. The zero-order chi connectivity index (χ0) is 21.3. The van der Waals surface area contributed by atoms with Crippen molar-refractivity contribution in [2.24, 2.45) is 11.1 Å². The van der Waals surface area contributed by atoms with Crippen LogP contribution in [0.2, 0.25) is 0 Å². The second-order valence-electron chi connectivity index (χ2n) is 7.70. The molecule has 4 aromatic rings. The molecule has 0 atom stereocenters. The molecular formula is C22H26N6O2. The first kappa shape index (κ1) is 19.9. The molecular weight excluding hydrogens is 380 g/mol. The van der Waals surface area contributed by atoms with Crippen molar-refractivity contribution < 1.29 is 9.57 Å². The molecule has 0 radical (unpaired) electrons. The molecule has 156 valence electrons. The number of oxime groups is 1. The second kappa shape index (κ2) is 8.14. The molecule has 0 amide bonds. The topological polar surface area (TPSA) is 78.8 Å². The Kier molecular flexibility index (Phi) is 5.39. The second-order valence-corrected chi connectivity index (χ2v) is 7.70. The van der Waals surface area contributed by atoms with Crippen LogP contribution in [0.4, 0.5) is 0 Å². The lowest BCUT2D eigenvalue weighted by molar-refractivity contribution is 0.126. The van der Waals surface area contributed by atoms with Crippen molar-refractivity contribution in [3.05, 3.63) is 53.2 Å². The summed E-state index contributed by atoms with van der Waals surface area (Å²) in [6.45, 7) is 9.73. The fourth-order valence-electron chi connectivity index (χ4n) is 3.59. The molecule has 8 heteroatoms. The van der Waals surface area contributed by atoms with Crippen LogP contribution >= 0.6 is 0 Å². The number of hydrogen-bond acceptors (Lipinski definition) is 6. The van der Waals surface area contributed by atoms with Crippen LogP contribution in [0.3, 0.4) is 0 Å². The van der Waals surface area contributed by atoms with Crippen LogP contribution in [0.25, 0.3) is 16.7 Å². The van der Waals surface area contributed by atoms with E-state index in [1.165, 1.54) is 11.3 Å². The lowest BCUT2D eigenvalue weighted by Crippen LogP contribution is -2.07. The van der Waals surface area contributed by atoms with Gasteiger partial charge in [0, 0.05) is 17.8 Å². The number of fused-ring (bicyclic) bond motifs is 3. The smallest absolute Gasteiger partial charge is 0.192 e. The summed E-state index contributed by atoms with van der Waals surface area (Å²) in [7, 11) is 1.63. The molecule has 0 saturated heterocycles. The third kappa shape index (κ3) is 3.60. The number of benzene rings is 1. The van der Waals surface area contributed by atoms with E-state index >= 15 is 0 Å². The lowest BCUT2D eigenvalue weighted by Gasteiger charge is -2.10. The maximum Gasteiger partial charge on any atom is 0.192 e. The van der Waals surface area contributed by atoms with Crippen LogP contribution in [0.5, 0.6) is 5.75 Å². The Morgan fingerprint density at radius 3 is 2.73 bits per heavy atom. The first-order valence-electron chi connectivity index (χ1n) is 9.97. The molecule has 0 N–H and O–H groups in total. The van der Waals surface area contributed by atoms with Crippen LogP contribution < -0.4 is 4.74 Å². The van der Waals surface area contributed by atoms with Gasteiger partial charge in [0.2, 0.25) is 0 Å². The Hall–Kier alpha value is -3.42. The Labute approximate surface area is 175 Å². The van der Waals surface area contributed by atoms with Gasteiger partial charge < -0.3 is 14.1 Å². The van der Waals surface area contributed by atoms with E-state index in [4.69, 9.17) is 9.57 Å². The minimum Gasteiger partial charge on any atom is -0.496 e. The lowest BCUT2D eigenvalue weighted by atomic mass is 10.2. The number of ether oxygens (including phenoxy) is 1. The van der Waals surface area contributed by atoms with Crippen LogP contribution in [0.15, 0.2) is 35.7 Å². The van der Waals surface area contributed by atoms with Crippen molar-refractivity contribution in [1.29, 1.82) is 0 Å². The summed E-state index contributed by atoms with van der Waals surface area (Å²) in [4.78, 5) is 14.8. The summed E-state index contributed by atoms with van der Waals surface area (Å²) in [5.41, 5.74) is 4.96. The van der Waals surface area contributed by atoms with E-state index in [1.54, 1.807) is 24.2 Å². The van der Waals surface area contributed by atoms with Crippen molar-refractivity contribution in [3.8, 4) is 5.75 Å². The molecule has 3 aromatic heterocycles. The first-order chi connectivity index (χ1) is 14.5. The van der Waals surface area contributed by atoms with Gasteiger partial charge in [-0.3, -0.25) is 0 Å². The first-order valence-corrected chi connectivity index (χ1v) is 9.97. The average Bonchev–Trinajstić information content (AvgIpc) is 3.25. The van der Waals surface area contributed by atoms with E-state index in [9.17, 15) is 0 Å². The summed E-state index contributed by atoms with van der Waals surface area (Å²) in [6, 6.07) is 7.61. The Morgan fingerprint density at radius 1 is 1.17 bits per heavy atom. The summed E-state index contributed by atoms with van der Waals surface area (Å²) < 4.78 is 9.27. The van der Waals surface area contributed by atoms with Crippen LogP contribution in [0, 0.1) is 19.8 Å². The minimum absolute atomic E-state index is 0.166. The zero-order valence-electron chi connectivity index (χ0n) is 18.0. The van der Waals surface area contributed by atoms with Gasteiger partial charge in [-0.05, 0) is 37.5 Å². The van der Waals surface area contributed by atoms with Crippen LogP contribution in [0.1, 0.15) is 36.5 Å². The molecule has 0 fully saturated rings. The van der Waals surface area contributed by atoms with Gasteiger partial charge in [0.05, 0.1) is 18.7 Å². The number of methoxy groups -OCH3 is 1. The molecule has 0 saturated carbocycles. The standard InChI is InChI=1S/C22H26N6O2/c1-14(2)11-27-16(4)15(3)20-21(27)23-13-28-22(20)25-19(26-28)12-30-24-10-17-8-6-7-9-18(17)29-5/h6-10,13-14H,11-12H2,1-5H3/b24-10+. The third-order valence-electron chi connectivity index (χ3n) is 5.14. The molecule has 4 rings (SSSR count). The molecule has 30 heavy (non-hydrogen) atoms. The number of nitrogens with zero attached hydrogens (tertiary/aromatic N) is 6. The van der Waals surface area contributed by atoms with Gasteiger partial charge >= 0.3 is 0 Å². The summed E-state index contributed by atoms with van der Waals surface area (Å²) in [5.74, 6) is 1.82. The van der Waals surface area contributed by atoms with Gasteiger partial charge in [-0.15, -0.1) is 5.10 Å². The van der Waals surface area contributed by atoms with Gasteiger partial charge in [0.1, 0.15) is 17.7 Å². The van der Waals surface area contributed by atoms with E-state index in [2.05, 4.69) is 52.5 Å². The van der Waals surface area contributed by atoms with E-state index in [0.29, 0.717) is 11.7 Å². The molecule has 0 aliphatic heterocycles. The predicted octanol–water partition coefficient (Wildman–Crippen LogP) is 3.91. The highest BCUT2D eigenvalue weighted by Gasteiger charge is 2.18. The highest BCUT2D eigenvalue weighted by Crippen LogP contribution is 2.27. The van der Waals surface area contributed by atoms with Crippen molar-refractivity contribution in [2.45, 2.75) is 40.8 Å². The largest absolute Gasteiger partial charge is 0.496 e. The van der Waals surface area contributed by atoms with Crippen molar-refractivity contribution in [3.63, 3.8) is 0 Å². The predicted molar refractivity (Wildman–Crippen MR) is 116 cm³/mol. The van der Waals surface area contributed by atoms with Crippen LogP contribution in [-0.2, 0) is 18.0 Å². The van der Waals surface area contributed by atoms with Crippen molar-refractivity contribution >= 4 is 22.9 Å². The maximum absolute atomic E-state index is 5.43. The number of rotatable bonds is 7. The average molecular weight is 406 g/mol. The molecule has 3 heterocycles. The molecule has 1 aromatic carbocycles. The Morgan fingerprint density at radius 2 is 1.97 bits per heavy atom. The van der Waals surface area contributed by atoms with E-state index < -0.39 is 0 Å². The summed E-state index contributed by atoms with van der Waals surface area (Å²) >= 11 is 0. The van der Waals surface area contributed by atoms with Crippen LogP contribution in [-0.4, -0.2) is 37.5 Å². The van der Waals surface area contributed by atoms with Gasteiger partial charge in [-0.25, -0.2) is 14.5 Å². The number of aromatic nitrogens is 5. The molecule has 0 bridgehead atoms. The van der Waals surface area contributed by atoms with Gasteiger partial charge in [-0.1, -0.05) is 31.1 Å². The van der Waals surface area contributed by atoms with E-state index in [0.717, 1.165) is 34.5 Å². The normalized spacial score (nSPS) is 11.9. The quantitative estimate of drug-likeness (QED) is 0.343. The molecule has 8 nitrogen and oxygen atoms in total. The molecule has 0 aliphatic carbocycles. The Balaban J connectivity index is 1.59. The van der Waals surface area contributed by atoms with Gasteiger partial charge in [0.25, 0.3) is 0 Å². The zero-order valence-corrected chi connectivity index (χ0v) is 18.0. The minimum atomic E-state index is 0.166. The maximum atomic E-state index is 5.43. The van der Waals surface area contributed by atoms with E-state index in [1.807, 2.05) is 24.3 Å². The van der Waals surface area contributed by atoms with E-state index in [-0.39, 0.29) is 6.61 Å². The Bertz CT molecular complexity index is 1220. The van der Waals surface area contributed by atoms with Crippen molar-refractivity contribution in [1.82, 2.24) is 24.1 Å². The van der Waals surface area contributed by atoms with Crippen molar-refractivity contribution in [2.75, 3.05) is 7.11 Å². The SMILES string of the molecule is COc1ccccc1/C=N/OCc1nc2c3c(C)c(C)n(CC(C)C)c3ncn2n1. The third-order valence-corrected chi connectivity index (χ3v) is 5.14. The molecule has 0 unspecified atom stereocenters. The van der Waals surface area contributed by atoms with Gasteiger partial charge in [0.15, 0.2) is 18.1 Å². The monoisotopic (exact) mass is 406 g/mol. The number of aryl methyl sites for hydroxylation is 1.